The summed E-state index contributed by atoms with van der Waals surface area (Å²) in [6.07, 6.45) is 7.06. The van der Waals surface area contributed by atoms with Crippen LogP contribution >= 0.6 is 11.3 Å². The number of carbonyl (C=O) groups excluding carboxylic acids is 1. The van der Waals surface area contributed by atoms with Gasteiger partial charge in [0.05, 0.1) is 12.6 Å². The van der Waals surface area contributed by atoms with Crippen molar-refractivity contribution in [2.75, 3.05) is 6.61 Å². The molecule has 0 aromatic carbocycles. The average molecular weight is 309 g/mol. The fraction of sp³-hybridized carbons (Fsp3) is 0.733. The Morgan fingerprint density at radius 2 is 2.38 bits per heavy atom. The van der Waals surface area contributed by atoms with Crippen molar-refractivity contribution in [1.82, 2.24) is 15.6 Å². The van der Waals surface area contributed by atoms with Gasteiger partial charge in [-0.15, -0.1) is 11.3 Å². The van der Waals surface area contributed by atoms with Gasteiger partial charge < -0.3 is 15.7 Å². The highest BCUT2D eigenvalue weighted by atomic mass is 32.1. The van der Waals surface area contributed by atoms with Crippen LogP contribution in [-0.2, 0) is 0 Å². The zero-order valence-electron chi connectivity index (χ0n) is 12.3. The highest BCUT2D eigenvalue weighted by molar-refractivity contribution is 7.09. The van der Waals surface area contributed by atoms with E-state index in [9.17, 15) is 9.90 Å². The average Bonchev–Trinajstić information content (AvgIpc) is 3.04. The van der Waals surface area contributed by atoms with Crippen molar-refractivity contribution in [3.63, 3.8) is 0 Å². The molecule has 1 heterocycles. The van der Waals surface area contributed by atoms with Gasteiger partial charge in [0.25, 0.3) is 0 Å². The third-order valence-electron chi connectivity index (χ3n) is 4.85. The number of hydrogen-bond acceptors (Lipinski definition) is 4. The molecule has 6 heteroatoms. The highest BCUT2D eigenvalue weighted by Crippen LogP contribution is 2.42. The van der Waals surface area contributed by atoms with E-state index >= 15 is 0 Å². The molecule has 21 heavy (non-hydrogen) atoms. The Labute approximate surface area is 129 Å². The van der Waals surface area contributed by atoms with Crippen molar-refractivity contribution < 1.29 is 9.90 Å². The zero-order chi connectivity index (χ0) is 14.9. The number of carbonyl (C=O) groups is 1. The van der Waals surface area contributed by atoms with E-state index in [1.165, 1.54) is 0 Å². The van der Waals surface area contributed by atoms with Crippen molar-refractivity contribution in [3.8, 4) is 0 Å². The Bertz CT molecular complexity index is 489. The van der Waals surface area contributed by atoms with Gasteiger partial charge in [-0.3, -0.25) is 0 Å². The fourth-order valence-corrected chi connectivity index (χ4v) is 3.99. The smallest absolute Gasteiger partial charge is 0.315 e. The Kier molecular flexibility index (Phi) is 4.17. The summed E-state index contributed by atoms with van der Waals surface area (Å²) in [6.45, 7) is 2.17. The molecule has 0 spiro atoms. The van der Waals surface area contributed by atoms with Crippen molar-refractivity contribution in [3.05, 3.63) is 16.6 Å². The van der Waals surface area contributed by atoms with Crippen LogP contribution in [0.3, 0.4) is 0 Å². The van der Waals surface area contributed by atoms with Crippen molar-refractivity contribution in [2.24, 2.45) is 11.3 Å². The maximum absolute atomic E-state index is 12.3. The Hall–Kier alpha value is -1.14. The molecule has 3 N–H and O–H groups in total. The number of aromatic nitrogens is 1. The van der Waals surface area contributed by atoms with Gasteiger partial charge in [-0.2, -0.15) is 0 Å². The molecule has 3 unspecified atom stereocenters. The van der Waals surface area contributed by atoms with Gasteiger partial charge in [0.2, 0.25) is 0 Å². The molecule has 2 saturated carbocycles. The Morgan fingerprint density at radius 1 is 1.57 bits per heavy atom. The molecule has 3 rings (SSSR count). The van der Waals surface area contributed by atoms with E-state index in [2.05, 4.69) is 15.6 Å². The number of aliphatic hydroxyl groups is 1. The topological polar surface area (TPSA) is 74.2 Å². The summed E-state index contributed by atoms with van der Waals surface area (Å²) in [5, 5.41) is 18.6. The predicted octanol–water partition coefficient (Wildman–Crippen LogP) is 2.44. The molecular formula is C15H23N3O2S. The molecule has 2 aliphatic carbocycles. The highest BCUT2D eigenvalue weighted by Gasteiger charge is 2.40. The van der Waals surface area contributed by atoms with Crippen molar-refractivity contribution in [2.45, 2.75) is 51.1 Å². The number of aliphatic hydroxyl groups excluding tert-OH is 1. The molecule has 5 nitrogen and oxygen atoms in total. The Balaban J connectivity index is 1.60. The van der Waals surface area contributed by atoms with Gasteiger partial charge in [-0.1, -0.05) is 13.3 Å². The van der Waals surface area contributed by atoms with Crippen LogP contribution in [0.4, 0.5) is 4.79 Å². The van der Waals surface area contributed by atoms with E-state index in [1.807, 2.05) is 12.3 Å². The second-order valence-corrected chi connectivity index (χ2v) is 7.49. The summed E-state index contributed by atoms with van der Waals surface area (Å²) >= 11 is 1.59. The lowest BCUT2D eigenvalue weighted by Gasteiger charge is -2.30. The first-order chi connectivity index (χ1) is 10.1. The maximum Gasteiger partial charge on any atom is 0.315 e. The molecule has 116 valence electrons. The van der Waals surface area contributed by atoms with Crippen LogP contribution in [0.2, 0.25) is 0 Å². The molecule has 2 aliphatic rings. The molecule has 0 aliphatic heterocycles. The SMILES string of the molecule is CC1(CO)CCCC1NC(=O)NC(c1nccs1)C1CC1. The first-order valence-electron chi connectivity index (χ1n) is 7.70. The minimum absolute atomic E-state index is 0.0341. The summed E-state index contributed by atoms with van der Waals surface area (Å²) in [5.41, 5.74) is -0.187. The molecule has 1 aromatic rings. The Morgan fingerprint density at radius 3 is 3.00 bits per heavy atom. The number of thiazole rings is 1. The third kappa shape index (κ3) is 3.21. The molecule has 3 atom stereocenters. The minimum atomic E-state index is -0.187. The lowest BCUT2D eigenvalue weighted by molar-refractivity contribution is 0.120. The fourth-order valence-electron chi connectivity index (χ4n) is 3.21. The van der Waals surface area contributed by atoms with Crippen LogP contribution in [0, 0.1) is 11.3 Å². The van der Waals surface area contributed by atoms with Crippen LogP contribution in [-0.4, -0.2) is 28.8 Å². The van der Waals surface area contributed by atoms with Gasteiger partial charge in [0, 0.05) is 23.0 Å². The largest absolute Gasteiger partial charge is 0.396 e. The number of hydrogen-bond donors (Lipinski definition) is 3. The van der Waals surface area contributed by atoms with Crippen molar-refractivity contribution >= 4 is 17.4 Å². The number of nitrogens with zero attached hydrogens (tertiary/aromatic N) is 1. The minimum Gasteiger partial charge on any atom is -0.396 e. The van der Waals surface area contributed by atoms with Crippen LogP contribution < -0.4 is 10.6 Å². The quantitative estimate of drug-likeness (QED) is 0.782. The van der Waals surface area contributed by atoms with E-state index in [0.717, 1.165) is 37.1 Å². The molecule has 2 amide bonds. The summed E-state index contributed by atoms with van der Waals surface area (Å²) in [5.74, 6) is 0.523. The normalized spacial score (nSPS) is 30.1. The van der Waals surface area contributed by atoms with Crippen LogP contribution in [0.15, 0.2) is 11.6 Å². The van der Waals surface area contributed by atoms with Crippen LogP contribution in [0.5, 0.6) is 0 Å². The van der Waals surface area contributed by atoms with Crippen LogP contribution in [0.25, 0.3) is 0 Å². The van der Waals surface area contributed by atoms with Gasteiger partial charge in [-0.25, -0.2) is 9.78 Å². The number of rotatable bonds is 5. The summed E-state index contributed by atoms with van der Waals surface area (Å²) in [6, 6.07) is -0.0425. The lowest BCUT2D eigenvalue weighted by Crippen LogP contribution is -2.49. The second kappa shape index (κ2) is 5.93. The second-order valence-electron chi connectivity index (χ2n) is 6.56. The third-order valence-corrected chi connectivity index (χ3v) is 5.70. The number of urea groups is 1. The molecule has 1 aromatic heterocycles. The monoisotopic (exact) mass is 309 g/mol. The molecular weight excluding hydrogens is 286 g/mol. The number of nitrogens with one attached hydrogen (secondary N) is 2. The van der Waals surface area contributed by atoms with E-state index in [-0.39, 0.29) is 30.1 Å². The standard InChI is InChI=1S/C15H23N3O2S/c1-15(9-19)6-2-3-11(15)17-14(20)18-12(10-4-5-10)13-16-7-8-21-13/h7-8,10-12,19H,2-6,9H2,1H3,(H2,17,18,20). The van der Waals surface area contributed by atoms with E-state index in [1.54, 1.807) is 17.5 Å². The first kappa shape index (κ1) is 14.8. The first-order valence-corrected chi connectivity index (χ1v) is 8.57. The summed E-state index contributed by atoms with van der Waals surface area (Å²) in [7, 11) is 0. The van der Waals surface area contributed by atoms with E-state index < -0.39 is 0 Å². The molecule has 0 bridgehead atoms. The lowest BCUT2D eigenvalue weighted by atomic mass is 9.86. The van der Waals surface area contributed by atoms with Gasteiger partial charge >= 0.3 is 6.03 Å². The van der Waals surface area contributed by atoms with Crippen molar-refractivity contribution in [1.29, 1.82) is 0 Å². The molecule has 2 fully saturated rings. The summed E-state index contributed by atoms with van der Waals surface area (Å²) in [4.78, 5) is 16.7. The summed E-state index contributed by atoms with van der Waals surface area (Å²) < 4.78 is 0. The maximum atomic E-state index is 12.3. The van der Waals surface area contributed by atoms with Gasteiger partial charge in [0.1, 0.15) is 5.01 Å². The van der Waals surface area contributed by atoms with Crippen LogP contribution in [0.1, 0.15) is 50.1 Å². The number of amides is 2. The molecule has 0 radical (unpaired) electrons. The van der Waals surface area contributed by atoms with E-state index in [4.69, 9.17) is 0 Å². The predicted molar refractivity (Wildman–Crippen MR) is 82.1 cm³/mol. The van der Waals surface area contributed by atoms with Gasteiger partial charge in [-0.05, 0) is 31.6 Å². The van der Waals surface area contributed by atoms with E-state index in [0.29, 0.717) is 5.92 Å². The zero-order valence-corrected chi connectivity index (χ0v) is 13.2. The molecule has 0 saturated heterocycles. The van der Waals surface area contributed by atoms with Gasteiger partial charge in [0.15, 0.2) is 0 Å².